The van der Waals surface area contributed by atoms with Crippen LogP contribution in [-0.2, 0) is 0 Å². The van der Waals surface area contributed by atoms with E-state index >= 15 is 0 Å². The quantitative estimate of drug-likeness (QED) is 0.879. The van der Waals surface area contributed by atoms with E-state index in [9.17, 15) is 9.90 Å². The molecule has 0 amide bonds. The zero-order valence-corrected chi connectivity index (χ0v) is 12.4. The monoisotopic (exact) mass is 335 g/mol. The highest BCUT2D eigenvalue weighted by Gasteiger charge is 2.18. The van der Waals surface area contributed by atoms with Crippen molar-refractivity contribution >= 4 is 38.6 Å². The lowest BCUT2D eigenvalue weighted by atomic mass is 10.1. The third-order valence-corrected chi connectivity index (χ3v) is 4.09. The summed E-state index contributed by atoms with van der Waals surface area (Å²) in [5.41, 5.74) is 0.991. The number of nitrogens with one attached hydrogen (secondary N) is 1. The fourth-order valence-corrected chi connectivity index (χ4v) is 2.89. The van der Waals surface area contributed by atoms with Crippen LogP contribution in [0.25, 0.3) is 10.9 Å². The molecule has 1 saturated heterocycles. The molecule has 0 atom stereocenters. The third-order valence-electron chi connectivity index (χ3n) is 3.45. The fourth-order valence-electron chi connectivity index (χ4n) is 2.43. The second-order valence-corrected chi connectivity index (χ2v) is 5.56. The number of anilines is 1. The molecule has 0 saturated carbocycles. The second kappa shape index (κ2) is 5.38. The molecule has 3 rings (SSSR count). The summed E-state index contributed by atoms with van der Waals surface area (Å²) < 4.78 is 0.814. The molecule has 20 heavy (non-hydrogen) atoms. The first-order valence-electron chi connectivity index (χ1n) is 6.45. The Balaban J connectivity index is 2.18. The number of carbonyl (C=O) groups is 1. The van der Waals surface area contributed by atoms with Crippen LogP contribution in [0, 0.1) is 0 Å². The SMILES string of the molecule is O=C(O)c1cc(N2CCNCC2)nc2c(Br)cccc12. The number of benzene rings is 1. The molecule has 1 aromatic heterocycles. The minimum absolute atomic E-state index is 0.296. The first kappa shape index (κ1) is 13.3. The maximum absolute atomic E-state index is 11.5. The van der Waals surface area contributed by atoms with Crippen molar-refractivity contribution in [3.05, 3.63) is 34.3 Å². The van der Waals surface area contributed by atoms with Crippen LogP contribution in [0.15, 0.2) is 28.7 Å². The van der Waals surface area contributed by atoms with Crippen LogP contribution >= 0.6 is 15.9 Å². The van der Waals surface area contributed by atoms with E-state index in [0.29, 0.717) is 16.5 Å². The normalized spacial score (nSPS) is 15.6. The second-order valence-electron chi connectivity index (χ2n) is 4.71. The van der Waals surface area contributed by atoms with Crippen LogP contribution in [0.3, 0.4) is 0 Å². The van der Waals surface area contributed by atoms with E-state index in [1.54, 1.807) is 12.1 Å². The minimum atomic E-state index is -0.924. The highest BCUT2D eigenvalue weighted by Crippen LogP contribution is 2.28. The number of piperazine rings is 1. The maximum atomic E-state index is 11.5. The highest BCUT2D eigenvalue weighted by molar-refractivity contribution is 9.10. The van der Waals surface area contributed by atoms with Crippen LogP contribution in [0.5, 0.6) is 0 Å². The van der Waals surface area contributed by atoms with E-state index in [4.69, 9.17) is 0 Å². The summed E-state index contributed by atoms with van der Waals surface area (Å²) in [4.78, 5) is 18.2. The van der Waals surface area contributed by atoms with Gasteiger partial charge in [-0.15, -0.1) is 0 Å². The summed E-state index contributed by atoms with van der Waals surface area (Å²) in [5.74, 6) is -0.199. The number of rotatable bonds is 2. The number of pyridine rings is 1. The molecule has 2 N–H and O–H groups in total. The molecule has 1 aliphatic rings. The maximum Gasteiger partial charge on any atom is 0.336 e. The lowest BCUT2D eigenvalue weighted by Gasteiger charge is -2.29. The summed E-state index contributed by atoms with van der Waals surface area (Å²) in [6, 6.07) is 7.16. The van der Waals surface area contributed by atoms with Gasteiger partial charge in [-0.2, -0.15) is 0 Å². The Labute approximate surface area is 124 Å². The van der Waals surface area contributed by atoms with Gasteiger partial charge in [0.2, 0.25) is 0 Å². The van der Waals surface area contributed by atoms with Crippen molar-refractivity contribution in [1.82, 2.24) is 10.3 Å². The molecular formula is C14H14BrN3O2. The Morgan fingerprint density at radius 1 is 1.35 bits per heavy atom. The van der Waals surface area contributed by atoms with Crippen molar-refractivity contribution in [2.75, 3.05) is 31.1 Å². The Morgan fingerprint density at radius 3 is 2.80 bits per heavy atom. The number of fused-ring (bicyclic) bond motifs is 1. The predicted molar refractivity (Wildman–Crippen MR) is 81.5 cm³/mol. The minimum Gasteiger partial charge on any atom is -0.478 e. The Kier molecular flexibility index (Phi) is 3.58. The Hall–Kier alpha value is -1.66. The first-order chi connectivity index (χ1) is 9.66. The molecule has 2 heterocycles. The van der Waals surface area contributed by atoms with E-state index in [2.05, 4.69) is 31.1 Å². The molecular weight excluding hydrogens is 322 g/mol. The standard InChI is InChI=1S/C14H14BrN3O2/c15-11-3-1-2-9-10(14(19)20)8-12(17-13(9)11)18-6-4-16-5-7-18/h1-3,8,16H,4-7H2,(H,19,20). The van der Waals surface area contributed by atoms with E-state index in [-0.39, 0.29) is 0 Å². The van der Waals surface area contributed by atoms with E-state index in [1.807, 2.05) is 12.1 Å². The van der Waals surface area contributed by atoms with Gasteiger partial charge in [0.25, 0.3) is 0 Å². The number of carboxylic acid groups (broad SMARTS) is 1. The molecule has 0 radical (unpaired) electrons. The number of nitrogens with zero attached hydrogens (tertiary/aromatic N) is 2. The molecule has 1 fully saturated rings. The highest BCUT2D eigenvalue weighted by atomic mass is 79.9. The van der Waals surface area contributed by atoms with Crippen molar-refractivity contribution < 1.29 is 9.90 Å². The summed E-state index contributed by atoms with van der Waals surface area (Å²) in [5, 5.41) is 13.4. The number of para-hydroxylation sites is 1. The average Bonchev–Trinajstić information content (AvgIpc) is 2.47. The molecule has 0 unspecified atom stereocenters. The summed E-state index contributed by atoms with van der Waals surface area (Å²) in [6.45, 7) is 3.44. The number of hydrogen-bond acceptors (Lipinski definition) is 4. The fraction of sp³-hybridized carbons (Fsp3) is 0.286. The zero-order chi connectivity index (χ0) is 14.1. The summed E-state index contributed by atoms with van der Waals surface area (Å²) in [7, 11) is 0. The van der Waals surface area contributed by atoms with Gasteiger partial charge in [-0.1, -0.05) is 12.1 Å². The van der Waals surface area contributed by atoms with Gasteiger partial charge >= 0.3 is 5.97 Å². The molecule has 0 spiro atoms. The molecule has 0 bridgehead atoms. The van der Waals surface area contributed by atoms with Gasteiger partial charge in [0, 0.05) is 36.0 Å². The van der Waals surface area contributed by atoms with Crippen molar-refractivity contribution in [1.29, 1.82) is 0 Å². The third kappa shape index (κ3) is 2.36. The summed E-state index contributed by atoms with van der Waals surface area (Å²) in [6.07, 6.45) is 0. The van der Waals surface area contributed by atoms with Gasteiger partial charge in [-0.3, -0.25) is 0 Å². The van der Waals surface area contributed by atoms with E-state index in [1.165, 1.54) is 0 Å². The average molecular weight is 336 g/mol. The van der Waals surface area contributed by atoms with Gasteiger partial charge in [-0.05, 0) is 28.1 Å². The first-order valence-corrected chi connectivity index (χ1v) is 7.24. The zero-order valence-electron chi connectivity index (χ0n) is 10.8. The van der Waals surface area contributed by atoms with Crippen LogP contribution in [0.4, 0.5) is 5.82 Å². The molecule has 0 aliphatic carbocycles. The molecule has 6 heteroatoms. The molecule has 2 aromatic rings. The van der Waals surface area contributed by atoms with Gasteiger partial charge in [0.1, 0.15) is 5.82 Å². The largest absolute Gasteiger partial charge is 0.478 e. The van der Waals surface area contributed by atoms with Crippen LogP contribution in [-0.4, -0.2) is 42.2 Å². The molecule has 104 valence electrons. The number of hydrogen-bond donors (Lipinski definition) is 2. The molecule has 1 aromatic carbocycles. The van der Waals surface area contributed by atoms with Gasteiger partial charge in [-0.25, -0.2) is 9.78 Å². The lowest BCUT2D eigenvalue weighted by Crippen LogP contribution is -2.44. The smallest absolute Gasteiger partial charge is 0.336 e. The van der Waals surface area contributed by atoms with Gasteiger partial charge < -0.3 is 15.3 Å². The van der Waals surface area contributed by atoms with Gasteiger partial charge in [0.15, 0.2) is 0 Å². The van der Waals surface area contributed by atoms with Crippen molar-refractivity contribution in [2.45, 2.75) is 0 Å². The van der Waals surface area contributed by atoms with Crippen LogP contribution in [0.2, 0.25) is 0 Å². The van der Waals surface area contributed by atoms with Crippen molar-refractivity contribution in [3.63, 3.8) is 0 Å². The number of carboxylic acids is 1. The number of aromatic carboxylic acids is 1. The topological polar surface area (TPSA) is 65.5 Å². The van der Waals surface area contributed by atoms with Crippen molar-refractivity contribution in [2.24, 2.45) is 0 Å². The predicted octanol–water partition coefficient (Wildman–Crippen LogP) is 2.11. The van der Waals surface area contributed by atoms with E-state index in [0.717, 1.165) is 36.5 Å². The molecule has 5 nitrogen and oxygen atoms in total. The number of aromatic nitrogens is 1. The number of halogens is 1. The summed E-state index contributed by atoms with van der Waals surface area (Å²) >= 11 is 3.45. The molecule has 1 aliphatic heterocycles. The Morgan fingerprint density at radius 2 is 2.10 bits per heavy atom. The van der Waals surface area contributed by atoms with Gasteiger partial charge in [0.05, 0.1) is 11.1 Å². The van der Waals surface area contributed by atoms with Crippen molar-refractivity contribution in [3.8, 4) is 0 Å². The van der Waals surface area contributed by atoms with E-state index < -0.39 is 5.97 Å². The Bertz CT molecular complexity index is 669. The lowest BCUT2D eigenvalue weighted by molar-refractivity contribution is 0.0699. The van der Waals surface area contributed by atoms with Crippen LogP contribution in [0.1, 0.15) is 10.4 Å². The van der Waals surface area contributed by atoms with Crippen LogP contribution < -0.4 is 10.2 Å².